The Bertz CT molecular complexity index is 1330. The number of carbonyl (C=O) groups excluding carboxylic acids is 2. The molecule has 0 unspecified atom stereocenters. The number of allylic oxidation sites excluding steroid dienone is 5. The van der Waals surface area contributed by atoms with E-state index < -0.39 is 5.41 Å². The number of ether oxygens (including phenoxy) is 1. The molecule has 1 aromatic carbocycles. The number of para-hydroxylation sites is 1. The van der Waals surface area contributed by atoms with E-state index >= 15 is 0 Å². The van der Waals surface area contributed by atoms with E-state index in [1.165, 1.54) is 16.5 Å². The van der Waals surface area contributed by atoms with Gasteiger partial charge in [0.15, 0.2) is 5.78 Å². The van der Waals surface area contributed by atoms with E-state index in [9.17, 15) is 9.59 Å². The number of rotatable bonds is 2. The zero-order valence-electron chi connectivity index (χ0n) is 22.3. The van der Waals surface area contributed by atoms with Crippen molar-refractivity contribution in [3.63, 3.8) is 0 Å². The molecule has 3 heterocycles. The minimum absolute atomic E-state index is 0.0622. The first-order valence-electron chi connectivity index (χ1n) is 13.9. The van der Waals surface area contributed by atoms with Crippen molar-refractivity contribution in [3.05, 3.63) is 72.0 Å². The Morgan fingerprint density at radius 2 is 1.95 bits per heavy atom. The number of amides is 1. The maximum absolute atomic E-state index is 14.2. The van der Waals surface area contributed by atoms with Gasteiger partial charge in [-0.1, -0.05) is 61.9 Å². The van der Waals surface area contributed by atoms with Crippen LogP contribution in [0.5, 0.6) is 0 Å². The van der Waals surface area contributed by atoms with E-state index in [-0.39, 0.29) is 47.2 Å². The number of ketones is 1. The van der Waals surface area contributed by atoms with E-state index in [2.05, 4.69) is 68.4 Å². The summed E-state index contributed by atoms with van der Waals surface area (Å²) in [7, 11) is 0. The molecule has 1 amide bonds. The molecule has 0 radical (unpaired) electrons. The summed E-state index contributed by atoms with van der Waals surface area (Å²) in [5.41, 5.74) is 2.13. The normalized spacial score (nSPS) is 42.6. The van der Waals surface area contributed by atoms with Crippen molar-refractivity contribution in [2.45, 2.75) is 71.1 Å². The van der Waals surface area contributed by atoms with E-state index in [1.54, 1.807) is 6.08 Å². The smallest absolute Gasteiger partial charge is 0.235 e. The number of carbonyl (C=O) groups is 2. The average molecular weight is 499 g/mol. The van der Waals surface area contributed by atoms with Crippen molar-refractivity contribution in [1.29, 1.82) is 0 Å². The molecule has 2 aliphatic heterocycles. The van der Waals surface area contributed by atoms with Gasteiger partial charge in [-0.3, -0.25) is 9.59 Å². The lowest BCUT2D eigenvalue weighted by Gasteiger charge is -2.45. The summed E-state index contributed by atoms with van der Waals surface area (Å²) >= 11 is 0. The molecule has 4 aliphatic rings. The van der Waals surface area contributed by atoms with Gasteiger partial charge in [0, 0.05) is 35.0 Å². The number of H-pyrrole nitrogens is 1. The predicted molar refractivity (Wildman–Crippen MR) is 146 cm³/mol. The lowest BCUT2D eigenvalue weighted by Crippen LogP contribution is -2.57. The molecule has 1 aromatic heterocycles. The third kappa shape index (κ3) is 3.69. The molecule has 37 heavy (non-hydrogen) atoms. The Kier molecular flexibility index (Phi) is 5.83. The van der Waals surface area contributed by atoms with E-state index in [4.69, 9.17) is 4.74 Å². The highest BCUT2D eigenvalue weighted by Gasteiger charge is 2.78. The van der Waals surface area contributed by atoms with Crippen LogP contribution in [0.25, 0.3) is 10.9 Å². The van der Waals surface area contributed by atoms with Crippen LogP contribution in [0.15, 0.2) is 66.4 Å². The summed E-state index contributed by atoms with van der Waals surface area (Å²) in [5, 5.41) is 4.51. The van der Waals surface area contributed by atoms with Gasteiger partial charge < -0.3 is 15.0 Å². The topological polar surface area (TPSA) is 74.5 Å². The first-order chi connectivity index (χ1) is 17.8. The lowest BCUT2D eigenvalue weighted by atomic mass is 9.51. The molecule has 8 atom stereocenters. The minimum atomic E-state index is -1.15. The van der Waals surface area contributed by atoms with Gasteiger partial charge in [-0.2, -0.15) is 0 Å². The molecule has 2 N–H and O–H groups in total. The number of epoxide rings is 1. The summed E-state index contributed by atoms with van der Waals surface area (Å²) in [6.45, 7) is 8.74. The number of hydrogen-bond acceptors (Lipinski definition) is 3. The number of fused-ring (bicyclic) bond motifs is 3. The zero-order valence-corrected chi connectivity index (χ0v) is 22.3. The number of benzene rings is 1. The highest BCUT2D eigenvalue weighted by molar-refractivity contribution is 6.13. The summed E-state index contributed by atoms with van der Waals surface area (Å²) in [5.74, 6) is -0.164. The summed E-state index contributed by atoms with van der Waals surface area (Å²) < 4.78 is 6.40. The molecule has 5 heteroatoms. The predicted octanol–water partition coefficient (Wildman–Crippen LogP) is 5.68. The Morgan fingerprint density at radius 3 is 2.78 bits per heavy atom. The largest absolute Gasteiger partial charge is 0.365 e. The molecular weight excluding hydrogens is 460 g/mol. The van der Waals surface area contributed by atoms with Gasteiger partial charge in [0.1, 0.15) is 5.41 Å². The van der Waals surface area contributed by atoms with Crippen LogP contribution >= 0.6 is 0 Å². The van der Waals surface area contributed by atoms with Crippen molar-refractivity contribution >= 4 is 22.6 Å². The van der Waals surface area contributed by atoms with Crippen molar-refractivity contribution < 1.29 is 14.3 Å². The maximum atomic E-state index is 14.2. The first kappa shape index (κ1) is 24.4. The zero-order chi connectivity index (χ0) is 25.9. The van der Waals surface area contributed by atoms with Gasteiger partial charge in [0.05, 0.1) is 11.7 Å². The van der Waals surface area contributed by atoms with Gasteiger partial charge in [-0.25, -0.2) is 0 Å². The third-order valence-corrected chi connectivity index (χ3v) is 9.75. The number of aromatic nitrogens is 1. The fourth-order valence-corrected chi connectivity index (χ4v) is 7.72. The van der Waals surface area contributed by atoms with E-state index in [1.807, 2.05) is 24.4 Å². The molecule has 1 saturated carbocycles. The first-order valence-corrected chi connectivity index (χ1v) is 13.9. The van der Waals surface area contributed by atoms with Crippen LogP contribution in [0.1, 0.15) is 52.5 Å². The quantitative estimate of drug-likeness (QED) is 0.318. The number of hydrogen-bond donors (Lipinski definition) is 2. The second-order valence-corrected chi connectivity index (χ2v) is 12.0. The number of nitrogens with one attached hydrogen (secondary N) is 2. The molecule has 3 fully saturated rings. The van der Waals surface area contributed by atoms with Crippen molar-refractivity contribution in [3.8, 4) is 0 Å². The summed E-state index contributed by atoms with van der Waals surface area (Å²) in [6.07, 6.45) is 15.6. The molecule has 1 spiro atoms. The minimum Gasteiger partial charge on any atom is -0.365 e. The van der Waals surface area contributed by atoms with Crippen LogP contribution < -0.4 is 5.32 Å². The van der Waals surface area contributed by atoms with Crippen LogP contribution in [0, 0.1) is 29.1 Å². The lowest BCUT2D eigenvalue weighted by molar-refractivity contribution is -0.145. The van der Waals surface area contributed by atoms with Crippen molar-refractivity contribution in [2.24, 2.45) is 29.1 Å². The molecular formula is C32H38N2O3. The van der Waals surface area contributed by atoms with Crippen LogP contribution in [-0.4, -0.2) is 34.4 Å². The Labute approximate surface area is 219 Å². The SMILES string of the molecule is C/C1=C\[C@@H](C)C/C=C/[C@H]2[C@@H]3O[C@]3(C)[C@@H](C)[C@H]3[C@H](Cc4c[nH]c5ccccc45)NC(=O)[C@]32C(=O)/C=C/CC1. The fraction of sp³-hybridized carbons (Fsp3) is 0.500. The second-order valence-electron chi connectivity index (χ2n) is 12.0. The van der Waals surface area contributed by atoms with Crippen LogP contribution in [0.3, 0.4) is 0 Å². The maximum Gasteiger partial charge on any atom is 0.235 e. The Morgan fingerprint density at radius 1 is 1.14 bits per heavy atom. The van der Waals surface area contributed by atoms with E-state index in [0.717, 1.165) is 24.8 Å². The highest BCUT2D eigenvalue weighted by Crippen LogP contribution is 2.66. The van der Waals surface area contributed by atoms with Crippen LogP contribution in [0.2, 0.25) is 0 Å². The van der Waals surface area contributed by atoms with Gasteiger partial charge in [-0.15, -0.1) is 0 Å². The van der Waals surface area contributed by atoms with Gasteiger partial charge in [-0.05, 0) is 69.1 Å². The van der Waals surface area contributed by atoms with Gasteiger partial charge in [0.2, 0.25) is 5.91 Å². The molecule has 2 aliphatic carbocycles. The standard InChI is InChI=1S/C32H38N2O3/c1-19-10-5-8-15-27(35)32-24(13-9-11-20(2)16-19)29-31(4,37-29)21(3)28(32)26(34-30(32)36)17-22-18-33-25-14-7-6-12-23(22)25/h6-9,12-16,18,20-21,24,26,28-29,33H,5,10-11,17H2,1-4H3,(H,34,36)/b13-9+,15-8+,19-16+/t20-,21-,24-,26-,28-,29-,31+,32+/m0/s1. The molecule has 194 valence electrons. The monoisotopic (exact) mass is 498 g/mol. The van der Waals surface area contributed by atoms with E-state index in [0.29, 0.717) is 12.3 Å². The summed E-state index contributed by atoms with van der Waals surface area (Å²) in [6, 6.07) is 8.12. The van der Waals surface area contributed by atoms with Crippen LogP contribution in [-0.2, 0) is 20.7 Å². The fourth-order valence-electron chi connectivity index (χ4n) is 7.72. The molecule has 6 rings (SSSR count). The summed E-state index contributed by atoms with van der Waals surface area (Å²) in [4.78, 5) is 31.7. The number of aromatic amines is 1. The third-order valence-electron chi connectivity index (χ3n) is 9.75. The van der Waals surface area contributed by atoms with Gasteiger partial charge >= 0.3 is 0 Å². The van der Waals surface area contributed by atoms with Crippen molar-refractivity contribution in [1.82, 2.24) is 10.3 Å². The molecule has 2 aromatic rings. The second kappa shape index (κ2) is 8.83. The molecule has 2 saturated heterocycles. The van der Waals surface area contributed by atoms with Gasteiger partial charge in [0.25, 0.3) is 0 Å². The van der Waals surface area contributed by atoms with Crippen LogP contribution in [0.4, 0.5) is 0 Å². The Balaban J connectivity index is 1.44. The average Bonchev–Trinajstić information content (AvgIpc) is 3.27. The molecule has 0 bridgehead atoms. The Hall–Kier alpha value is -2.92. The molecule has 5 nitrogen and oxygen atoms in total. The highest BCUT2D eigenvalue weighted by atomic mass is 16.6. The van der Waals surface area contributed by atoms with Crippen molar-refractivity contribution in [2.75, 3.05) is 0 Å².